The maximum Gasteiger partial charge on any atom is 0.407 e. The summed E-state index contributed by atoms with van der Waals surface area (Å²) in [5, 5.41) is 39.3. The van der Waals surface area contributed by atoms with E-state index in [4.69, 9.17) is 14.2 Å². The number of aliphatic hydroxyl groups excluding tert-OH is 1. The summed E-state index contributed by atoms with van der Waals surface area (Å²) in [6.07, 6.45) is -2.10. The monoisotopic (exact) mass is 770 g/mol. The molecule has 47 heavy (non-hydrogen) atoms. The average Bonchev–Trinajstić information content (AvgIpc) is 2.98. The molecule has 13 heteroatoms. The Bertz CT molecular complexity index is 1440. The summed E-state index contributed by atoms with van der Waals surface area (Å²) in [4.78, 5) is 52.5. The van der Waals surface area contributed by atoms with Gasteiger partial charge in [0.15, 0.2) is 17.5 Å². The van der Waals surface area contributed by atoms with E-state index in [1.165, 1.54) is 19.9 Å². The number of hydrogen-bond acceptors (Lipinski definition) is 10. The summed E-state index contributed by atoms with van der Waals surface area (Å²) in [6, 6.07) is 5.14. The lowest BCUT2D eigenvalue weighted by atomic mass is 9.39. The van der Waals surface area contributed by atoms with Gasteiger partial charge in [-0.2, -0.15) is 0 Å². The van der Waals surface area contributed by atoms with E-state index in [9.17, 15) is 34.5 Å². The second-order valence-electron chi connectivity index (χ2n) is 14.3. The van der Waals surface area contributed by atoms with Crippen LogP contribution in [0.5, 0.6) is 5.75 Å². The van der Waals surface area contributed by atoms with Crippen LogP contribution in [0.4, 0.5) is 4.79 Å². The number of phenolic OH excluding ortho intramolecular Hbond substituents is 1. The number of phenols is 1. The minimum atomic E-state index is -2.33. The molecule has 0 aromatic heterocycles. The predicted octanol–water partition coefficient (Wildman–Crippen LogP) is 3.31. The van der Waals surface area contributed by atoms with Crippen molar-refractivity contribution in [1.82, 2.24) is 10.6 Å². The number of halogens is 1. The van der Waals surface area contributed by atoms with Crippen LogP contribution in [0.3, 0.4) is 0 Å². The Morgan fingerprint density at radius 3 is 2.40 bits per heavy atom. The van der Waals surface area contributed by atoms with Gasteiger partial charge >= 0.3 is 12.1 Å². The molecule has 0 unspecified atom stereocenters. The molecule has 0 bridgehead atoms. The second-order valence-corrected chi connectivity index (χ2v) is 15.5. The maximum absolute atomic E-state index is 14.1. The molecule has 1 heterocycles. The number of ether oxygens (including phenoxy) is 3. The summed E-state index contributed by atoms with van der Waals surface area (Å²) in [5.41, 5.74) is -6.90. The van der Waals surface area contributed by atoms with Crippen molar-refractivity contribution < 1.29 is 48.7 Å². The molecule has 0 radical (unpaired) electrons. The van der Waals surface area contributed by atoms with Gasteiger partial charge in [0.1, 0.15) is 17.5 Å². The molecule has 0 spiro atoms. The molecule has 1 aliphatic heterocycles. The SMILES string of the molecule is C=C[C@@]1(C)CC(=O)[C@]2(O)[C@@]3(C)[C@@H](O)CCC(C)(C)[C@@H]3[C@H](OC(=O)NCCNC(=O)CCc3ccc(O)c(I)c3)[C@H](OC(C)=O)[C@@]2(C)O1. The summed E-state index contributed by atoms with van der Waals surface area (Å²) >= 11 is 2.02. The molecular weight excluding hydrogens is 723 g/mol. The van der Waals surface area contributed by atoms with E-state index in [0.717, 1.165) is 5.56 Å². The highest BCUT2D eigenvalue weighted by atomic mass is 127. The van der Waals surface area contributed by atoms with E-state index < -0.39 is 69.7 Å². The van der Waals surface area contributed by atoms with Crippen molar-refractivity contribution in [3.63, 3.8) is 0 Å². The fraction of sp³-hybridized carbons (Fsp3) is 0.647. The molecule has 5 N–H and O–H groups in total. The van der Waals surface area contributed by atoms with Gasteiger partial charge in [0, 0.05) is 44.2 Å². The van der Waals surface area contributed by atoms with Crippen molar-refractivity contribution in [3.05, 3.63) is 40.0 Å². The molecule has 8 atom stereocenters. The third-order valence-corrected chi connectivity index (χ3v) is 11.5. The molecule has 3 fully saturated rings. The Labute approximate surface area is 289 Å². The lowest BCUT2D eigenvalue weighted by Crippen LogP contribution is -2.87. The van der Waals surface area contributed by atoms with Gasteiger partial charge < -0.3 is 40.2 Å². The Kier molecular flexibility index (Phi) is 10.5. The van der Waals surface area contributed by atoms with E-state index >= 15 is 0 Å². The molecule has 4 rings (SSSR count). The quantitative estimate of drug-likeness (QED) is 0.108. The van der Waals surface area contributed by atoms with Crippen molar-refractivity contribution in [2.45, 2.75) is 109 Å². The van der Waals surface area contributed by atoms with Crippen molar-refractivity contribution in [2.75, 3.05) is 13.1 Å². The molecule has 260 valence electrons. The largest absolute Gasteiger partial charge is 0.507 e. The van der Waals surface area contributed by atoms with Crippen LogP contribution < -0.4 is 10.6 Å². The number of alkyl carbamates (subject to hydrolysis) is 1. The molecule has 1 aromatic rings. The highest BCUT2D eigenvalue weighted by molar-refractivity contribution is 14.1. The van der Waals surface area contributed by atoms with E-state index in [2.05, 4.69) is 17.2 Å². The van der Waals surface area contributed by atoms with Crippen LogP contribution in [0.2, 0.25) is 0 Å². The lowest BCUT2D eigenvalue weighted by Gasteiger charge is -2.71. The number of rotatable bonds is 9. The number of ketones is 1. The number of carbonyl (C=O) groups is 4. The predicted molar refractivity (Wildman–Crippen MR) is 179 cm³/mol. The summed E-state index contributed by atoms with van der Waals surface area (Å²) < 4.78 is 19.0. The van der Waals surface area contributed by atoms with Crippen molar-refractivity contribution >= 4 is 46.3 Å². The van der Waals surface area contributed by atoms with Crippen LogP contribution in [0.1, 0.15) is 72.8 Å². The van der Waals surface area contributed by atoms with Gasteiger partial charge in [-0.05, 0) is 78.8 Å². The van der Waals surface area contributed by atoms with E-state index in [1.54, 1.807) is 32.0 Å². The number of fused-ring (bicyclic) bond motifs is 3. The van der Waals surface area contributed by atoms with Gasteiger partial charge in [-0.15, -0.1) is 6.58 Å². The van der Waals surface area contributed by atoms with Crippen molar-refractivity contribution in [2.24, 2.45) is 16.7 Å². The van der Waals surface area contributed by atoms with Crippen LogP contribution in [-0.2, 0) is 35.0 Å². The first kappa shape index (κ1) is 37.1. The van der Waals surface area contributed by atoms with E-state index in [0.29, 0.717) is 16.4 Å². The first-order chi connectivity index (χ1) is 21.8. The van der Waals surface area contributed by atoms with Crippen molar-refractivity contribution in [3.8, 4) is 5.75 Å². The number of aliphatic hydroxyl groups is 2. The highest BCUT2D eigenvalue weighted by Gasteiger charge is 2.82. The number of benzene rings is 1. The zero-order valence-electron chi connectivity index (χ0n) is 27.9. The number of hydrogen-bond donors (Lipinski definition) is 5. The minimum absolute atomic E-state index is 0.0192. The van der Waals surface area contributed by atoms with Crippen molar-refractivity contribution in [1.29, 1.82) is 0 Å². The molecular formula is C34H47IN2O10. The van der Waals surface area contributed by atoms with Crippen LogP contribution in [0, 0.1) is 20.3 Å². The summed E-state index contributed by atoms with van der Waals surface area (Å²) in [7, 11) is 0. The number of carbonyl (C=O) groups excluding carboxylic acids is 4. The van der Waals surface area contributed by atoms with Gasteiger partial charge in [0.25, 0.3) is 0 Å². The van der Waals surface area contributed by atoms with Gasteiger partial charge in [-0.3, -0.25) is 14.4 Å². The maximum atomic E-state index is 14.1. The fourth-order valence-corrected chi connectivity index (χ4v) is 8.91. The summed E-state index contributed by atoms with van der Waals surface area (Å²) in [5.74, 6) is -2.23. The van der Waals surface area contributed by atoms with Crippen LogP contribution in [0.15, 0.2) is 30.9 Å². The first-order valence-electron chi connectivity index (χ1n) is 15.9. The number of Topliss-reactive ketones (excluding diaryl/α,β-unsaturated/α-hetero) is 1. The summed E-state index contributed by atoms with van der Waals surface area (Å²) in [6.45, 7) is 13.6. The molecule has 12 nitrogen and oxygen atoms in total. The number of esters is 1. The van der Waals surface area contributed by atoms with E-state index in [-0.39, 0.29) is 44.0 Å². The third-order valence-electron chi connectivity index (χ3n) is 10.6. The Morgan fingerprint density at radius 2 is 1.79 bits per heavy atom. The van der Waals surface area contributed by atoms with Crippen LogP contribution >= 0.6 is 22.6 Å². The normalized spacial score (nSPS) is 35.9. The molecule has 2 amide bonds. The Balaban J connectivity index is 1.56. The Morgan fingerprint density at radius 1 is 1.13 bits per heavy atom. The standard InChI is InChI=1S/C34H47IN2O10/c1-8-31(5)18-24(41)34(44)32(6)23(40)13-14-30(3,4)27(32)26(28(45-19(2)38)33(34,7)47-31)46-29(43)37-16-15-36-25(42)12-10-20-9-11-22(39)21(35)17-20/h8-9,11,17,23,26-28,39-40,44H,1,10,12-16,18H2,2-7H3,(H,36,42)(H,37,43)/t23-,26-,27-,28-,31-,32-,33+,34-/m0/s1. The second kappa shape index (κ2) is 13.3. The number of nitrogens with one attached hydrogen (secondary N) is 2. The number of aryl methyl sites for hydroxylation is 1. The number of aromatic hydroxyl groups is 1. The molecule has 2 saturated carbocycles. The molecule has 1 saturated heterocycles. The smallest absolute Gasteiger partial charge is 0.407 e. The number of amides is 2. The van der Waals surface area contributed by atoms with Gasteiger partial charge in [-0.1, -0.05) is 32.9 Å². The zero-order chi connectivity index (χ0) is 35.2. The van der Waals surface area contributed by atoms with Crippen LogP contribution in [-0.4, -0.2) is 87.3 Å². The van der Waals surface area contributed by atoms with Crippen LogP contribution in [0.25, 0.3) is 0 Å². The molecule has 3 aliphatic rings. The third kappa shape index (κ3) is 6.52. The minimum Gasteiger partial charge on any atom is -0.507 e. The highest BCUT2D eigenvalue weighted by Crippen LogP contribution is 2.67. The molecule has 1 aromatic carbocycles. The first-order valence-corrected chi connectivity index (χ1v) is 17.0. The fourth-order valence-electron chi connectivity index (χ4n) is 8.33. The molecule has 2 aliphatic carbocycles. The van der Waals surface area contributed by atoms with Gasteiger partial charge in [-0.25, -0.2) is 4.79 Å². The Hall–Kier alpha value is -2.75. The zero-order valence-corrected chi connectivity index (χ0v) is 30.0. The van der Waals surface area contributed by atoms with Gasteiger partial charge in [0.05, 0.1) is 15.3 Å². The average molecular weight is 771 g/mol. The van der Waals surface area contributed by atoms with Gasteiger partial charge in [0.2, 0.25) is 5.91 Å². The topological polar surface area (TPSA) is 181 Å². The lowest BCUT2D eigenvalue weighted by molar-refractivity contribution is -0.369. The van der Waals surface area contributed by atoms with E-state index in [1.807, 2.05) is 36.4 Å².